The zero-order valence-corrected chi connectivity index (χ0v) is 11.6. The third-order valence-electron chi connectivity index (χ3n) is 3.00. The van der Waals surface area contributed by atoms with Crippen LogP contribution in [0, 0.1) is 0 Å². The molecule has 106 valence electrons. The lowest BCUT2D eigenvalue weighted by Gasteiger charge is -2.18. The predicted octanol–water partition coefficient (Wildman–Crippen LogP) is 2.92. The Morgan fingerprint density at radius 1 is 1.24 bits per heavy atom. The van der Waals surface area contributed by atoms with Crippen molar-refractivity contribution < 1.29 is 14.3 Å². The Bertz CT molecular complexity index is 731. The molecule has 3 rings (SSSR count). The molecule has 1 aliphatic heterocycles. The fraction of sp³-hybridized carbons (Fsp3) is 0.0667. The van der Waals surface area contributed by atoms with Crippen molar-refractivity contribution in [3.05, 3.63) is 53.1 Å². The summed E-state index contributed by atoms with van der Waals surface area (Å²) in [5.74, 6) is -0.0132. The summed E-state index contributed by atoms with van der Waals surface area (Å²) in [6.45, 7) is -0.0157. The van der Waals surface area contributed by atoms with E-state index >= 15 is 0 Å². The lowest BCUT2D eigenvalue weighted by molar-refractivity contribution is -0.118. The van der Waals surface area contributed by atoms with Crippen LogP contribution in [-0.2, 0) is 4.79 Å². The molecule has 2 aromatic carbocycles. The lowest BCUT2D eigenvalue weighted by Crippen LogP contribution is -2.25. The van der Waals surface area contributed by atoms with Gasteiger partial charge in [0.05, 0.1) is 16.4 Å². The van der Waals surface area contributed by atoms with Crippen LogP contribution >= 0.6 is 11.6 Å². The summed E-state index contributed by atoms with van der Waals surface area (Å²) >= 11 is 6.00. The molecule has 5 nitrogen and oxygen atoms in total. The minimum Gasteiger partial charge on any atom is -0.482 e. The summed E-state index contributed by atoms with van der Waals surface area (Å²) in [5, 5.41) is 5.84. The average Bonchev–Trinajstić information content (AvgIpc) is 2.48. The quantitative estimate of drug-likeness (QED) is 0.896. The van der Waals surface area contributed by atoms with Crippen molar-refractivity contribution in [2.24, 2.45) is 0 Å². The Labute approximate surface area is 125 Å². The number of hydrogen-bond donors (Lipinski definition) is 2. The van der Waals surface area contributed by atoms with Gasteiger partial charge in [-0.2, -0.15) is 0 Å². The van der Waals surface area contributed by atoms with Crippen LogP contribution in [0.2, 0.25) is 5.02 Å². The monoisotopic (exact) mass is 302 g/mol. The van der Waals surface area contributed by atoms with Gasteiger partial charge < -0.3 is 15.4 Å². The molecule has 0 unspecified atom stereocenters. The van der Waals surface area contributed by atoms with Crippen LogP contribution in [0.5, 0.6) is 5.75 Å². The number of anilines is 2. The molecular formula is C15H11ClN2O3. The second-order valence-corrected chi connectivity index (χ2v) is 4.89. The summed E-state index contributed by atoms with van der Waals surface area (Å²) in [6, 6.07) is 11.8. The Hall–Kier alpha value is -2.53. The fourth-order valence-corrected chi connectivity index (χ4v) is 2.16. The molecule has 1 aliphatic rings. The van der Waals surface area contributed by atoms with Gasteiger partial charge in [0.15, 0.2) is 6.61 Å². The Kier molecular flexibility index (Phi) is 3.50. The van der Waals surface area contributed by atoms with Crippen molar-refractivity contribution in [3.63, 3.8) is 0 Å². The average molecular weight is 303 g/mol. The molecule has 21 heavy (non-hydrogen) atoms. The maximum atomic E-state index is 12.2. The molecule has 0 aliphatic carbocycles. The molecule has 0 atom stereocenters. The van der Waals surface area contributed by atoms with E-state index in [2.05, 4.69) is 10.6 Å². The van der Waals surface area contributed by atoms with Gasteiger partial charge in [0, 0.05) is 5.56 Å². The molecule has 1 heterocycles. The number of ether oxygens (including phenoxy) is 1. The van der Waals surface area contributed by atoms with Gasteiger partial charge in [-0.25, -0.2) is 0 Å². The second kappa shape index (κ2) is 5.46. The van der Waals surface area contributed by atoms with Gasteiger partial charge in [0.2, 0.25) is 0 Å². The van der Waals surface area contributed by atoms with E-state index < -0.39 is 0 Å². The topological polar surface area (TPSA) is 67.4 Å². The van der Waals surface area contributed by atoms with E-state index in [1.54, 1.807) is 42.5 Å². The molecule has 0 spiro atoms. The molecule has 0 aromatic heterocycles. The van der Waals surface area contributed by atoms with Crippen LogP contribution in [0.4, 0.5) is 11.4 Å². The molecule has 2 amide bonds. The zero-order chi connectivity index (χ0) is 14.8. The predicted molar refractivity (Wildman–Crippen MR) is 80.0 cm³/mol. The molecule has 0 saturated carbocycles. The van der Waals surface area contributed by atoms with Gasteiger partial charge in [0.1, 0.15) is 5.75 Å². The lowest BCUT2D eigenvalue weighted by atomic mass is 10.1. The van der Waals surface area contributed by atoms with Crippen LogP contribution < -0.4 is 15.4 Å². The maximum absolute atomic E-state index is 12.2. The fourth-order valence-electron chi connectivity index (χ4n) is 1.98. The van der Waals surface area contributed by atoms with E-state index in [0.29, 0.717) is 27.7 Å². The van der Waals surface area contributed by atoms with Gasteiger partial charge in [0.25, 0.3) is 11.8 Å². The molecule has 0 saturated heterocycles. The smallest absolute Gasteiger partial charge is 0.262 e. The summed E-state index contributed by atoms with van der Waals surface area (Å²) in [5.41, 5.74) is 1.42. The molecule has 0 bridgehead atoms. The highest BCUT2D eigenvalue weighted by molar-refractivity contribution is 6.33. The van der Waals surface area contributed by atoms with E-state index in [4.69, 9.17) is 16.3 Å². The Morgan fingerprint density at radius 2 is 2.05 bits per heavy atom. The summed E-state index contributed by atoms with van der Waals surface area (Å²) in [7, 11) is 0. The number of rotatable bonds is 2. The van der Waals surface area contributed by atoms with Crippen LogP contribution in [0.3, 0.4) is 0 Å². The maximum Gasteiger partial charge on any atom is 0.262 e. The van der Waals surface area contributed by atoms with E-state index in [1.807, 2.05) is 0 Å². The van der Waals surface area contributed by atoms with Gasteiger partial charge in [-0.15, -0.1) is 0 Å². The first-order valence-electron chi connectivity index (χ1n) is 6.26. The summed E-state index contributed by atoms with van der Waals surface area (Å²) in [6.07, 6.45) is 0. The molecule has 2 N–H and O–H groups in total. The summed E-state index contributed by atoms with van der Waals surface area (Å²) in [4.78, 5) is 23.5. The number of carbonyl (C=O) groups is 2. The SMILES string of the molecule is O=C1COc2ccc(C(=O)Nc3ccccc3Cl)cc2N1. The largest absolute Gasteiger partial charge is 0.482 e. The van der Waals surface area contributed by atoms with Crippen LogP contribution in [-0.4, -0.2) is 18.4 Å². The Morgan fingerprint density at radius 3 is 2.86 bits per heavy atom. The van der Waals surface area contributed by atoms with Crippen molar-refractivity contribution in [2.75, 3.05) is 17.2 Å². The highest BCUT2D eigenvalue weighted by Crippen LogP contribution is 2.29. The van der Waals surface area contributed by atoms with Crippen molar-refractivity contribution in [1.82, 2.24) is 0 Å². The third kappa shape index (κ3) is 2.83. The molecular weight excluding hydrogens is 292 g/mol. The first-order valence-corrected chi connectivity index (χ1v) is 6.64. The van der Waals surface area contributed by atoms with Crippen molar-refractivity contribution >= 4 is 34.8 Å². The van der Waals surface area contributed by atoms with Crippen LogP contribution in [0.1, 0.15) is 10.4 Å². The van der Waals surface area contributed by atoms with E-state index in [-0.39, 0.29) is 18.4 Å². The van der Waals surface area contributed by atoms with Crippen LogP contribution in [0.15, 0.2) is 42.5 Å². The van der Waals surface area contributed by atoms with Gasteiger partial charge in [-0.1, -0.05) is 23.7 Å². The number of fused-ring (bicyclic) bond motifs is 1. The number of halogens is 1. The number of hydrogen-bond acceptors (Lipinski definition) is 3. The second-order valence-electron chi connectivity index (χ2n) is 4.48. The normalized spacial score (nSPS) is 12.9. The summed E-state index contributed by atoms with van der Waals surface area (Å²) < 4.78 is 5.24. The van der Waals surface area contributed by atoms with E-state index in [1.165, 1.54) is 0 Å². The first-order chi connectivity index (χ1) is 10.1. The minimum absolute atomic E-state index is 0.0157. The third-order valence-corrected chi connectivity index (χ3v) is 3.33. The molecule has 6 heteroatoms. The number of amides is 2. The zero-order valence-electron chi connectivity index (χ0n) is 10.9. The minimum atomic E-state index is -0.314. The molecule has 0 radical (unpaired) electrons. The number of para-hydroxylation sites is 1. The van der Waals surface area contributed by atoms with Crippen molar-refractivity contribution in [1.29, 1.82) is 0 Å². The molecule has 0 fully saturated rings. The standard InChI is InChI=1S/C15H11ClN2O3/c16-10-3-1-2-4-11(10)18-15(20)9-5-6-13-12(7-9)17-14(19)8-21-13/h1-7H,8H2,(H,17,19)(H,18,20). The Balaban J connectivity index is 1.84. The first kappa shape index (κ1) is 13.5. The highest BCUT2D eigenvalue weighted by Gasteiger charge is 2.18. The van der Waals surface area contributed by atoms with Crippen molar-refractivity contribution in [3.8, 4) is 5.75 Å². The van der Waals surface area contributed by atoms with Crippen molar-refractivity contribution in [2.45, 2.75) is 0 Å². The highest BCUT2D eigenvalue weighted by atomic mass is 35.5. The van der Waals surface area contributed by atoms with Gasteiger partial charge in [-0.3, -0.25) is 9.59 Å². The number of carbonyl (C=O) groups excluding carboxylic acids is 2. The van der Waals surface area contributed by atoms with Gasteiger partial charge >= 0.3 is 0 Å². The number of benzene rings is 2. The van der Waals surface area contributed by atoms with Crippen LogP contribution in [0.25, 0.3) is 0 Å². The van der Waals surface area contributed by atoms with E-state index in [0.717, 1.165) is 0 Å². The van der Waals surface area contributed by atoms with Gasteiger partial charge in [-0.05, 0) is 30.3 Å². The number of nitrogens with one attached hydrogen (secondary N) is 2. The molecule has 2 aromatic rings. The van der Waals surface area contributed by atoms with E-state index in [9.17, 15) is 9.59 Å².